The van der Waals surface area contributed by atoms with Crippen molar-refractivity contribution < 1.29 is 9.47 Å². The number of para-hydroxylation sites is 2. The minimum Gasteiger partial charge on any atom is -0.486 e. The molecule has 1 aromatic carbocycles. The van der Waals surface area contributed by atoms with Crippen molar-refractivity contribution in [3.8, 4) is 11.5 Å². The van der Waals surface area contributed by atoms with Gasteiger partial charge in [-0.3, -0.25) is 9.86 Å². The maximum Gasteiger partial charge on any atom is 0.161 e. The number of rotatable bonds is 4. The molecule has 0 fully saturated rings. The van der Waals surface area contributed by atoms with E-state index >= 15 is 0 Å². The van der Waals surface area contributed by atoms with E-state index < -0.39 is 0 Å². The number of hydrogen-bond acceptors (Lipinski definition) is 5. The van der Waals surface area contributed by atoms with E-state index in [1.54, 1.807) is 0 Å². The van der Waals surface area contributed by atoms with E-state index in [0.29, 0.717) is 6.61 Å². The first-order valence-electron chi connectivity index (χ1n) is 4.87. The van der Waals surface area contributed by atoms with Crippen LogP contribution in [0.1, 0.15) is 6.42 Å². The molecule has 0 spiro atoms. The third kappa shape index (κ3) is 2.77. The standard InChI is InChI=1S/C10H14N2O2S/c11-15-12-6-5-8-7-13-9-3-1-2-4-10(9)14-8/h1-4,8,12H,5-7,11H2. The minimum absolute atomic E-state index is 0.111. The third-order valence-electron chi connectivity index (χ3n) is 2.22. The first kappa shape index (κ1) is 10.6. The highest BCUT2D eigenvalue weighted by molar-refractivity contribution is 7.95. The van der Waals surface area contributed by atoms with Crippen LogP contribution < -0.4 is 19.3 Å². The van der Waals surface area contributed by atoms with E-state index in [-0.39, 0.29) is 6.10 Å². The molecule has 0 aliphatic carbocycles. The van der Waals surface area contributed by atoms with Crippen LogP contribution in [0.25, 0.3) is 0 Å². The fraction of sp³-hybridized carbons (Fsp3) is 0.400. The van der Waals surface area contributed by atoms with Gasteiger partial charge in [0.1, 0.15) is 12.7 Å². The summed E-state index contributed by atoms with van der Waals surface area (Å²) >= 11 is 1.13. The summed E-state index contributed by atoms with van der Waals surface area (Å²) < 4.78 is 14.3. The van der Waals surface area contributed by atoms with Gasteiger partial charge in [-0.05, 0) is 12.1 Å². The van der Waals surface area contributed by atoms with E-state index in [1.165, 1.54) is 0 Å². The van der Waals surface area contributed by atoms with Crippen LogP contribution in [0.2, 0.25) is 0 Å². The van der Waals surface area contributed by atoms with Crippen molar-refractivity contribution >= 4 is 12.1 Å². The molecule has 1 atom stereocenters. The first-order valence-corrected chi connectivity index (χ1v) is 5.75. The van der Waals surface area contributed by atoms with E-state index in [9.17, 15) is 0 Å². The second kappa shape index (κ2) is 5.25. The number of ether oxygens (including phenoxy) is 2. The van der Waals surface area contributed by atoms with Crippen LogP contribution in [0.4, 0.5) is 0 Å². The fourth-order valence-electron chi connectivity index (χ4n) is 1.48. The maximum absolute atomic E-state index is 5.76. The predicted molar refractivity (Wildman–Crippen MR) is 60.8 cm³/mol. The lowest BCUT2D eigenvalue weighted by Gasteiger charge is -2.26. The summed E-state index contributed by atoms with van der Waals surface area (Å²) in [5.41, 5.74) is 0. The molecule has 1 unspecified atom stereocenters. The predicted octanol–water partition coefficient (Wildman–Crippen LogP) is 1.33. The molecule has 0 amide bonds. The molecule has 82 valence electrons. The molecule has 1 aliphatic rings. The fourth-order valence-corrected chi connectivity index (χ4v) is 1.72. The van der Waals surface area contributed by atoms with Gasteiger partial charge >= 0.3 is 0 Å². The van der Waals surface area contributed by atoms with Crippen molar-refractivity contribution in [1.82, 2.24) is 4.72 Å². The molecule has 0 saturated heterocycles. The first-order chi connectivity index (χ1) is 7.40. The van der Waals surface area contributed by atoms with Gasteiger partial charge < -0.3 is 9.47 Å². The summed E-state index contributed by atoms with van der Waals surface area (Å²) in [5.74, 6) is 1.66. The highest BCUT2D eigenvalue weighted by Crippen LogP contribution is 2.31. The van der Waals surface area contributed by atoms with Gasteiger partial charge in [-0.2, -0.15) is 0 Å². The number of nitrogens with one attached hydrogen (secondary N) is 1. The average molecular weight is 226 g/mol. The summed E-state index contributed by atoms with van der Waals surface area (Å²) in [7, 11) is 0. The largest absolute Gasteiger partial charge is 0.486 e. The Morgan fingerprint density at radius 2 is 2.20 bits per heavy atom. The van der Waals surface area contributed by atoms with Crippen molar-refractivity contribution in [3.63, 3.8) is 0 Å². The lowest BCUT2D eigenvalue weighted by molar-refractivity contribution is 0.0861. The topological polar surface area (TPSA) is 56.5 Å². The smallest absolute Gasteiger partial charge is 0.161 e. The Bertz CT molecular complexity index is 322. The van der Waals surface area contributed by atoms with Crippen molar-refractivity contribution in [2.75, 3.05) is 13.2 Å². The zero-order chi connectivity index (χ0) is 10.5. The van der Waals surface area contributed by atoms with Gasteiger partial charge in [0.25, 0.3) is 0 Å². The van der Waals surface area contributed by atoms with Crippen LogP contribution in [0.5, 0.6) is 11.5 Å². The quantitative estimate of drug-likeness (QED) is 0.599. The van der Waals surface area contributed by atoms with Crippen molar-refractivity contribution in [3.05, 3.63) is 24.3 Å². The summed E-state index contributed by atoms with van der Waals surface area (Å²) in [6.45, 7) is 1.42. The van der Waals surface area contributed by atoms with Gasteiger partial charge in [0, 0.05) is 25.1 Å². The second-order valence-electron chi connectivity index (χ2n) is 3.30. The molecule has 0 aromatic heterocycles. The molecule has 5 heteroatoms. The summed E-state index contributed by atoms with van der Waals surface area (Å²) in [6.07, 6.45) is 0.998. The number of hydrogen-bond donors (Lipinski definition) is 2. The number of fused-ring (bicyclic) bond motifs is 1. The third-order valence-corrected chi connectivity index (χ3v) is 2.59. The average Bonchev–Trinajstić information content (AvgIpc) is 2.29. The van der Waals surface area contributed by atoms with Crippen LogP contribution in [0, 0.1) is 0 Å². The summed E-state index contributed by atoms with van der Waals surface area (Å²) in [6, 6.07) is 7.72. The highest BCUT2D eigenvalue weighted by atomic mass is 32.2. The Labute approximate surface area is 93.4 Å². The SMILES string of the molecule is NSNCCC1COc2ccccc2O1. The second-order valence-corrected chi connectivity index (χ2v) is 3.82. The van der Waals surface area contributed by atoms with E-state index in [0.717, 1.165) is 36.6 Å². The van der Waals surface area contributed by atoms with Crippen molar-refractivity contribution in [1.29, 1.82) is 0 Å². The molecular formula is C10H14N2O2S. The Morgan fingerprint density at radius 3 is 3.00 bits per heavy atom. The van der Waals surface area contributed by atoms with Crippen molar-refractivity contribution in [2.45, 2.75) is 12.5 Å². The van der Waals surface area contributed by atoms with Crippen molar-refractivity contribution in [2.24, 2.45) is 5.14 Å². The minimum atomic E-state index is 0.111. The summed E-state index contributed by atoms with van der Waals surface area (Å²) in [4.78, 5) is 0. The number of benzene rings is 1. The molecule has 2 rings (SSSR count). The summed E-state index contributed by atoms with van der Waals surface area (Å²) in [5, 5.41) is 5.25. The van der Waals surface area contributed by atoms with Gasteiger partial charge in [0.05, 0.1) is 0 Å². The lowest BCUT2D eigenvalue weighted by atomic mass is 10.2. The van der Waals surface area contributed by atoms with Gasteiger partial charge in [0.2, 0.25) is 0 Å². The van der Waals surface area contributed by atoms with Crippen LogP contribution in [0.15, 0.2) is 24.3 Å². The van der Waals surface area contributed by atoms with Crippen LogP contribution >= 0.6 is 12.1 Å². The van der Waals surface area contributed by atoms with Gasteiger partial charge in [-0.1, -0.05) is 12.1 Å². The van der Waals surface area contributed by atoms with E-state index in [4.69, 9.17) is 14.6 Å². The molecular weight excluding hydrogens is 212 g/mol. The number of nitrogens with two attached hydrogens (primary N) is 1. The monoisotopic (exact) mass is 226 g/mol. The van der Waals surface area contributed by atoms with E-state index in [2.05, 4.69) is 4.72 Å². The van der Waals surface area contributed by atoms with Gasteiger partial charge in [-0.25, -0.2) is 0 Å². The zero-order valence-corrected chi connectivity index (χ0v) is 9.13. The van der Waals surface area contributed by atoms with Crippen LogP contribution in [0.3, 0.4) is 0 Å². The van der Waals surface area contributed by atoms with Gasteiger partial charge in [0.15, 0.2) is 11.5 Å². The molecule has 1 heterocycles. The zero-order valence-electron chi connectivity index (χ0n) is 8.31. The highest BCUT2D eigenvalue weighted by Gasteiger charge is 2.19. The lowest BCUT2D eigenvalue weighted by Crippen LogP contribution is -2.31. The normalized spacial score (nSPS) is 18.9. The Hall–Kier alpha value is -0.910. The van der Waals surface area contributed by atoms with Crippen LogP contribution in [-0.2, 0) is 0 Å². The van der Waals surface area contributed by atoms with E-state index in [1.807, 2.05) is 24.3 Å². The molecule has 3 N–H and O–H groups in total. The molecule has 4 nitrogen and oxygen atoms in total. The molecule has 1 aliphatic heterocycles. The molecule has 0 radical (unpaired) electrons. The van der Waals surface area contributed by atoms with Gasteiger partial charge in [-0.15, -0.1) is 0 Å². The molecule has 0 saturated carbocycles. The Kier molecular flexibility index (Phi) is 3.71. The van der Waals surface area contributed by atoms with Crippen LogP contribution in [-0.4, -0.2) is 19.3 Å². The molecule has 1 aromatic rings. The molecule has 0 bridgehead atoms. The Balaban J connectivity index is 1.88. The Morgan fingerprint density at radius 1 is 1.40 bits per heavy atom. The maximum atomic E-state index is 5.76. The molecule has 15 heavy (non-hydrogen) atoms.